The van der Waals surface area contributed by atoms with E-state index in [4.69, 9.17) is 9.72 Å². The molecule has 0 spiro atoms. The monoisotopic (exact) mass is 560 g/mol. The van der Waals surface area contributed by atoms with Crippen molar-refractivity contribution in [3.63, 3.8) is 0 Å². The van der Waals surface area contributed by atoms with Crippen LogP contribution in [0, 0.1) is 6.92 Å². The normalized spacial score (nSPS) is 16.4. The molecule has 0 bridgehead atoms. The van der Waals surface area contributed by atoms with Gasteiger partial charge in [0.1, 0.15) is 6.10 Å². The Kier molecular flexibility index (Phi) is 6.70. The zero-order valence-electron chi connectivity index (χ0n) is 23.4. The Morgan fingerprint density at radius 1 is 1.00 bits per heavy atom. The quantitative estimate of drug-likeness (QED) is 0.261. The summed E-state index contributed by atoms with van der Waals surface area (Å²) in [5.41, 5.74) is 5.83. The summed E-state index contributed by atoms with van der Waals surface area (Å²) in [5, 5.41) is 13.3. The molecule has 42 heavy (non-hydrogen) atoms. The Morgan fingerprint density at radius 3 is 2.64 bits per heavy atom. The molecule has 212 valence electrons. The number of benzene rings is 3. The number of aryl methyl sites for hydroxylation is 1. The number of ether oxygens (including phenoxy) is 1. The zero-order valence-corrected chi connectivity index (χ0v) is 23.4. The van der Waals surface area contributed by atoms with Gasteiger partial charge in [0, 0.05) is 54.8 Å². The lowest BCUT2D eigenvalue weighted by atomic mass is 10.00. The number of H-pyrrole nitrogens is 1. The Balaban J connectivity index is 1.08. The van der Waals surface area contributed by atoms with Crippen molar-refractivity contribution >= 4 is 39.5 Å². The first-order valence-corrected chi connectivity index (χ1v) is 14.4. The summed E-state index contributed by atoms with van der Waals surface area (Å²) >= 11 is 0. The second kappa shape index (κ2) is 10.8. The number of hydrogen-bond donors (Lipinski definition) is 2. The number of anilines is 1. The van der Waals surface area contributed by atoms with Gasteiger partial charge in [-0.05, 0) is 60.0 Å². The molecule has 3 amide bonds. The number of pyridine rings is 1. The molecule has 0 saturated carbocycles. The van der Waals surface area contributed by atoms with Crippen LogP contribution in [-0.2, 0) is 17.7 Å². The number of carbonyl (C=O) groups is 2. The van der Waals surface area contributed by atoms with Crippen LogP contribution in [0.15, 0.2) is 79.1 Å². The lowest BCUT2D eigenvalue weighted by Crippen LogP contribution is -2.51. The first-order chi connectivity index (χ1) is 20.5. The average Bonchev–Trinajstić information content (AvgIpc) is 3.50. The number of urea groups is 1. The van der Waals surface area contributed by atoms with Crippen molar-refractivity contribution in [1.29, 1.82) is 0 Å². The number of likely N-dealkylation sites (tertiary alicyclic amines) is 1. The van der Waals surface area contributed by atoms with Gasteiger partial charge in [0.25, 0.3) is 0 Å². The van der Waals surface area contributed by atoms with Gasteiger partial charge in [-0.3, -0.25) is 10.1 Å². The molecule has 3 aromatic carbocycles. The minimum Gasteiger partial charge on any atom is -0.439 e. The second-order valence-electron chi connectivity index (χ2n) is 11.2. The van der Waals surface area contributed by atoms with E-state index in [9.17, 15) is 9.59 Å². The standard InChI is InChI=1S/C33H32N6O3/c1-21-14-22(15-26-19-35-37-31(21)26)16-30(29-17-23-6-2-3-7-24(23)18-34-29)42-33(41)38-12-10-27(11-13-38)39-20-25-8-4-5-9-28(25)36-32(39)40/h2-9,14-15,17-19,27,30H,10-13,16,20H2,1H3,(H,35,37)(H,36,40). The molecule has 2 aromatic heterocycles. The first-order valence-electron chi connectivity index (χ1n) is 14.4. The highest BCUT2D eigenvalue weighted by atomic mass is 16.6. The summed E-state index contributed by atoms with van der Waals surface area (Å²) in [4.78, 5) is 34.7. The fourth-order valence-corrected chi connectivity index (χ4v) is 6.20. The molecular formula is C33H32N6O3. The van der Waals surface area contributed by atoms with Gasteiger partial charge in [0.2, 0.25) is 0 Å². The molecule has 4 heterocycles. The topological polar surface area (TPSA) is 103 Å². The molecule has 1 unspecified atom stereocenters. The first kappa shape index (κ1) is 26.0. The van der Waals surface area contributed by atoms with Crippen LogP contribution in [0.2, 0.25) is 0 Å². The van der Waals surface area contributed by atoms with Crippen LogP contribution in [0.1, 0.15) is 41.3 Å². The summed E-state index contributed by atoms with van der Waals surface area (Å²) in [7, 11) is 0. The maximum Gasteiger partial charge on any atom is 0.410 e. The molecule has 9 heteroatoms. The van der Waals surface area contributed by atoms with Crippen molar-refractivity contribution in [1.82, 2.24) is 25.0 Å². The third-order valence-corrected chi connectivity index (χ3v) is 8.48. The maximum absolute atomic E-state index is 13.6. The number of nitrogens with zero attached hydrogens (tertiary/aromatic N) is 4. The second-order valence-corrected chi connectivity index (χ2v) is 11.2. The van der Waals surface area contributed by atoms with Crippen molar-refractivity contribution in [2.45, 2.75) is 44.9 Å². The maximum atomic E-state index is 13.6. The van der Waals surface area contributed by atoms with E-state index in [2.05, 4.69) is 27.6 Å². The van der Waals surface area contributed by atoms with Crippen LogP contribution >= 0.6 is 0 Å². The van der Waals surface area contributed by atoms with Gasteiger partial charge in [0.15, 0.2) is 0 Å². The molecule has 2 aliphatic heterocycles. The van der Waals surface area contributed by atoms with Crippen LogP contribution in [0.4, 0.5) is 15.3 Å². The highest BCUT2D eigenvalue weighted by molar-refractivity contribution is 5.92. The summed E-state index contributed by atoms with van der Waals surface area (Å²) in [6.07, 6.45) is 4.61. The largest absolute Gasteiger partial charge is 0.439 e. The minimum atomic E-state index is -0.562. The highest BCUT2D eigenvalue weighted by Crippen LogP contribution is 2.30. The number of nitrogens with one attached hydrogen (secondary N) is 2. The van der Waals surface area contributed by atoms with E-state index >= 15 is 0 Å². The molecule has 7 rings (SSSR count). The van der Waals surface area contributed by atoms with Crippen LogP contribution < -0.4 is 5.32 Å². The van der Waals surface area contributed by atoms with Crippen molar-refractivity contribution in [3.05, 3.63) is 102 Å². The Bertz CT molecular complexity index is 1790. The van der Waals surface area contributed by atoms with Crippen molar-refractivity contribution < 1.29 is 14.3 Å². The number of rotatable bonds is 5. The molecule has 2 aliphatic rings. The molecule has 0 radical (unpaired) electrons. The number of para-hydroxylation sites is 1. The van der Waals surface area contributed by atoms with E-state index in [-0.39, 0.29) is 18.2 Å². The van der Waals surface area contributed by atoms with E-state index in [0.717, 1.165) is 44.1 Å². The minimum absolute atomic E-state index is 0.0602. The van der Waals surface area contributed by atoms with Crippen LogP contribution in [0.3, 0.4) is 0 Å². The smallest absolute Gasteiger partial charge is 0.410 e. The van der Waals surface area contributed by atoms with Gasteiger partial charge < -0.3 is 19.9 Å². The van der Waals surface area contributed by atoms with Crippen LogP contribution in [-0.4, -0.2) is 56.2 Å². The molecule has 9 nitrogen and oxygen atoms in total. The zero-order chi connectivity index (χ0) is 28.6. The third-order valence-electron chi connectivity index (χ3n) is 8.48. The van der Waals surface area contributed by atoms with Gasteiger partial charge in [0.05, 0.1) is 17.4 Å². The van der Waals surface area contributed by atoms with Crippen molar-refractivity contribution in [2.75, 3.05) is 18.4 Å². The average molecular weight is 561 g/mol. The lowest BCUT2D eigenvalue weighted by molar-refractivity contribution is 0.0464. The summed E-state index contributed by atoms with van der Waals surface area (Å²) in [6, 6.07) is 22.1. The van der Waals surface area contributed by atoms with Gasteiger partial charge >= 0.3 is 12.1 Å². The number of aromatic amines is 1. The van der Waals surface area contributed by atoms with Crippen LogP contribution in [0.5, 0.6) is 0 Å². The highest BCUT2D eigenvalue weighted by Gasteiger charge is 2.34. The predicted octanol–water partition coefficient (Wildman–Crippen LogP) is 6.35. The molecule has 1 atom stereocenters. The van der Waals surface area contributed by atoms with Crippen LogP contribution in [0.25, 0.3) is 21.7 Å². The Morgan fingerprint density at radius 2 is 1.79 bits per heavy atom. The van der Waals surface area contributed by atoms with Gasteiger partial charge in [-0.15, -0.1) is 0 Å². The number of carbonyl (C=O) groups excluding carboxylic acids is 2. The molecule has 1 saturated heterocycles. The molecule has 5 aromatic rings. The molecule has 1 fully saturated rings. The van der Waals surface area contributed by atoms with Gasteiger partial charge in [-0.2, -0.15) is 5.10 Å². The lowest BCUT2D eigenvalue weighted by Gasteiger charge is -2.40. The van der Waals surface area contributed by atoms with Gasteiger partial charge in [-0.1, -0.05) is 48.5 Å². The number of hydrogen-bond acceptors (Lipinski definition) is 5. The predicted molar refractivity (Wildman–Crippen MR) is 161 cm³/mol. The van der Waals surface area contributed by atoms with E-state index < -0.39 is 6.10 Å². The fourth-order valence-electron chi connectivity index (χ4n) is 6.20. The van der Waals surface area contributed by atoms with E-state index in [1.165, 1.54) is 0 Å². The third kappa shape index (κ3) is 5.02. The fraction of sp³-hybridized carbons (Fsp3) is 0.273. The Labute approximate surface area is 243 Å². The van der Waals surface area contributed by atoms with E-state index in [1.807, 2.05) is 78.8 Å². The summed E-state index contributed by atoms with van der Waals surface area (Å²) in [5.74, 6) is 0. The number of aromatic nitrogens is 3. The molecular weight excluding hydrogens is 528 g/mol. The van der Waals surface area contributed by atoms with Gasteiger partial charge in [-0.25, -0.2) is 9.59 Å². The molecule has 0 aliphatic carbocycles. The van der Waals surface area contributed by atoms with E-state index in [0.29, 0.717) is 44.6 Å². The van der Waals surface area contributed by atoms with Crippen molar-refractivity contribution in [3.8, 4) is 0 Å². The summed E-state index contributed by atoms with van der Waals surface area (Å²) in [6.45, 7) is 3.66. The summed E-state index contributed by atoms with van der Waals surface area (Å²) < 4.78 is 6.22. The molecule has 2 N–H and O–H groups in total. The number of amides is 3. The van der Waals surface area contributed by atoms with E-state index in [1.54, 1.807) is 4.90 Å². The Hall–Kier alpha value is -4.92. The number of piperidine rings is 1. The van der Waals surface area contributed by atoms with Crippen molar-refractivity contribution in [2.24, 2.45) is 0 Å². The number of fused-ring (bicyclic) bond motifs is 3. The SMILES string of the molecule is Cc1cc(CC(OC(=O)N2CCC(N3Cc4ccccc4NC3=O)CC2)c2cc3ccccc3cn2)cc2cn[nH]c12.